The van der Waals surface area contributed by atoms with Crippen molar-refractivity contribution in [3.8, 4) is 0 Å². The van der Waals surface area contributed by atoms with E-state index in [0.717, 1.165) is 19.0 Å². The molecule has 0 amide bonds. The lowest BCUT2D eigenvalue weighted by molar-refractivity contribution is 0.225. The summed E-state index contributed by atoms with van der Waals surface area (Å²) in [6.45, 7) is 8.40. The van der Waals surface area contributed by atoms with Crippen LogP contribution in [0.2, 0.25) is 0 Å². The second-order valence-electron chi connectivity index (χ2n) is 6.68. The summed E-state index contributed by atoms with van der Waals surface area (Å²) in [5.41, 5.74) is 1.38. The number of anilines is 1. The number of nitrogens with one attached hydrogen (secondary N) is 1. The maximum absolute atomic E-state index is 3.48. The van der Waals surface area contributed by atoms with Crippen LogP contribution in [0.15, 0.2) is 42.5 Å². The van der Waals surface area contributed by atoms with Gasteiger partial charge in [-0.25, -0.2) is 0 Å². The highest BCUT2D eigenvalue weighted by atomic mass is 35.5. The Morgan fingerprint density at radius 1 is 0.917 bits per heavy atom. The van der Waals surface area contributed by atoms with E-state index in [0.29, 0.717) is 0 Å². The number of hydrogen-bond donors (Lipinski definition) is 1. The van der Waals surface area contributed by atoms with Gasteiger partial charge < -0.3 is 10.2 Å². The van der Waals surface area contributed by atoms with E-state index in [9.17, 15) is 0 Å². The predicted molar refractivity (Wildman–Crippen MR) is 108 cm³/mol. The Labute approximate surface area is 157 Å². The molecular weight excluding hydrogens is 341 g/mol. The van der Waals surface area contributed by atoms with Gasteiger partial charge in [0.1, 0.15) is 0 Å². The minimum atomic E-state index is 0. The fourth-order valence-corrected chi connectivity index (χ4v) is 3.80. The Morgan fingerprint density at radius 2 is 1.67 bits per heavy atom. The third kappa shape index (κ3) is 4.34. The first-order valence-corrected chi connectivity index (χ1v) is 8.55. The third-order valence-corrected chi connectivity index (χ3v) is 5.15. The number of rotatable bonds is 3. The lowest BCUT2D eigenvalue weighted by Gasteiger charge is -2.37. The first-order valence-electron chi connectivity index (χ1n) is 8.55. The maximum Gasteiger partial charge on any atom is 0.0373 e. The van der Waals surface area contributed by atoms with Gasteiger partial charge in [-0.2, -0.15) is 0 Å². The van der Waals surface area contributed by atoms with Crippen molar-refractivity contribution in [2.24, 2.45) is 5.92 Å². The molecule has 0 aromatic heterocycles. The Bertz CT molecular complexity index is 635. The molecule has 1 unspecified atom stereocenters. The molecule has 2 heterocycles. The monoisotopic (exact) mass is 367 g/mol. The molecular formula is C19H27Cl2N3. The van der Waals surface area contributed by atoms with Crippen LogP contribution in [0.1, 0.15) is 6.42 Å². The van der Waals surface area contributed by atoms with E-state index in [1.54, 1.807) is 0 Å². The van der Waals surface area contributed by atoms with Gasteiger partial charge in [-0.1, -0.05) is 30.3 Å². The van der Waals surface area contributed by atoms with E-state index in [1.807, 2.05) is 0 Å². The highest BCUT2D eigenvalue weighted by Gasteiger charge is 2.22. The average Bonchev–Trinajstić information content (AvgIpc) is 3.08. The van der Waals surface area contributed by atoms with Crippen LogP contribution in [0, 0.1) is 5.92 Å². The summed E-state index contributed by atoms with van der Waals surface area (Å²) in [4.78, 5) is 5.19. The quantitative estimate of drug-likeness (QED) is 0.896. The number of nitrogens with zero attached hydrogens (tertiary/aromatic N) is 2. The molecule has 0 radical (unpaired) electrons. The fraction of sp³-hybridized carbons (Fsp3) is 0.474. The number of piperazine rings is 1. The minimum Gasteiger partial charge on any atom is -0.369 e. The van der Waals surface area contributed by atoms with Crippen LogP contribution in [0.5, 0.6) is 0 Å². The summed E-state index contributed by atoms with van der Waals surface area (Å²) in [5.74, 6) is 0.868. The van der Waals surface area contributed by atoms with E-state index in [2.05, 4.69) is 57.6 Å². The molecule has 0 aliphatic carbocycles. The number of hydrogen-bond acceptors (Lipinski definition) is 3. The molecule has 0 spiro atoms. The van der Waals surface area contributed by atoms with Crippen molar-refractivity contribution in [2.75, 3.05) is 50.7 Å². The summed E-state index contributed by atoms with van der Waals surface area (Å²) >= 11 is 0. The van der Waals surface area contributed by atoms with Crippen molar-refractivity contribution < 1.29 is 0 Å². The van der Waals surface area contributed by atoms with Gasteiger partial charge in [0.25, 0.3) is 0 Å². The summed E-state index contributed by atoms with van der Waals surface area (Å²) in [7, 11) is 0. The lowest BCUT2D eigenvalue weighted by atomic mass is 10.1. The van der Waals surface area contributed by atoms with Crippen LogP contribution in [0.25, 0.3) is 10.8 Å². The number of benzene rings is 2. The van der Waals surface area contributed by atoms with Crippen LogP contribution in [-0.2, 0) is 0 Å². The molecule has 1 atom stereocenters. The predicted octanol–water partition coefficient (Wildman–Crippen LogP) is 3.41. The fourth-order valence-electron chi connectivity index (χ4n) is 3.80. The Balaban J connectivity index is 0.00000104. The second-order valence-corrected chi connectivity index (χ2v) is 6.68. The molecule has 2 aliphatic rings. The molecule has 2 fully saturated rings. The van der Waals surface area contributed by atoms with Crippen molar-refractivity contribution in [2.45, 2.75) is 6.42 Å². The van der Waals surface area contributed by atoms with Crippen molar-refractivity contribution in [3.63, 3.8) is 0 Å². The molecule has 4 rings (SSSR count). The first-order chi connectivity index (χ1) is 10.9. The zero-order valence-electron chi connectivity index (χ0n) is 14.0. The van der Waals surface area contributed by atoms with Crippen LogP contribution in [-0.4, -0.2) is 50.7 Å². The van der Waals surface area contributed by atoms with Gasteiger partial charge in [0.15, 0.2) is 0 Å². The molecule has 2 saturated heterocycles. The highest BCUT2D eigenvalue weighted by molar-refractivity contribution is 5.86. The van der Waals surface area contributed by atoms with E-state index in [4.69, 9.17) is 0 Å². The average molecular weight is 368 g/mol. The Morgan fingerprint density at radius 3 is 2.38 bits per heavy atom. The molecule has 24 heavy (non-hydrogen) atoms. The summed E-state index contributed by atoms with van der Waals surface area (Å²) in [5, 5.41) is 6.16. The largest absolute Gasteiger partial charge is 0.369 e. The van der Waals surface area contributed by atoms with Gasteiger partial charge in [0.2, 0.25) is 0 Å². The maximum atomic E-state index is 3.48. The molecule has 2 aromatic rings. The Kier molecular flexibility index (Phi) is 7.17. The topological polar surface area (TPSA) is 18.5 Å². The van der Waals surface area contributed by atoms with E-state index < -0.39 is 0 Å². The zero-order valence-corrected chi connectivity index (χ0v) is 15.6. The van der Waals surface area contributed by atoms with Crippen molar-refractivity contribution in [1.29, 1.82) is 0 Å². The van der Waals surface area contributed by atoms with Gasteiger partial charge in [0.05, 0.1) is 0 Å². The smallest absolute Gasteiger partial charge is 0.0373 e. The number of fused-ring (bicyclic) bond motifs is 1. The highest BCUT2D eigenvalue weighted by Crippen LogP contribution is 2.23. The van der Waals surface area contributed by atoms with Gasteiger partial charge >= 0.3 is 0 Å². The minimum absolute atomic E-state index is 0. The first kappa shape index (κ1) is 19.3. The van der Waals surface area contributed by atoms with Crippen LogP contribution < -0.4 is 10.2 Å². The molecule has 3 nitrogen and oxygen atoms in total. The molecule has 2 aliphatic heterocycles. The second kappa shape index (κ2) is 8.91. The standard InChI is InChI=1S/C19H25N3.2ClH/c1-2-4-18-13-19(6-5-17(18)3-1)22-11-9-21(10-12-22)15-16-7-8-20-14-16;;/h1-6,13,16,20H,7-12,14-15H2;2*1H. The van der Waals surface area contributed by atoms with Gasteiger partial charge in [-0.3, -0.25) is 4.90 Å². The van der Waals surface area contributed by atoms with Gasteiger partial charge in [-0.15, -0.1) is 24.8 Å². The SMILES string of the molecule is Cl.Cl.c1ccc2cc(N3CCN(CC4CCNC4)CC3)ccc2c1. The van der Waals surface area contributed by atoms with Crippen molar-refractivity contribution >= 4 is 41.3 Å². The van der Waals surface area contributed by atoms with E-state index >= 15 is 0 Å². The molecule has 1 N–H and O–H groups in total. The van der Waals surface area contributed by atoms with E-state index in [1.165, 1.54) is 55.6 Å². The molecule has 132 valence electrons. The van der Waals surface area contributed by atoms with Gasteiger partial charge in [0, 0.05) is 38.4 Å². The third-order valence-electron chi connectivity index (χ3n) is 5.15. The zero-order chi connectivity index (χ0) is 14.8. The molecule has 2 aromatic carbocycles. The normalized spacial score (nSPS) is 21.3. The molecule has 5 heteroatoms. The van der Waals surface area contributed by atoms with Crippen LogP contribution in [0.4, 0.5) is 5.69 Å². The summed E-state index contributed by atoms with van der Waals surface area (Å²) < 4.78 is 0. The summed E-state index contributed by atoms with van der Waals surface area (Å²) in [6.07, 6.45) is 1.35. The number of halogens is 2. The Hall–Kier alpha value is -1.00. The van der Waals surface area contributed by atoms with E-state index in [-0.39, 0.29) is 24.8 Å². The van der Waals surface area contributed by atoms with Crippen LogP contribution in [0.3, 0.4) is 0 Å². The lowest BCUT2D eigenvalue weighted by Crippen LogP contribution is -2.48. The van der Waals surface area contributed by atoms with Crippen LogP contribution >= 0.6 is 24.8 Å². The molecule has 0 bridgehead atoms. The molecule has 0 saturated carbocycles. The van der Waals surface area contributed by atoms with Gasteiger partial charge in [-0.05, 0) is 48.3 Å². The van der Waals surface area contributed by atoms with Crippen molar-refractivity contribution in [1.82, 2.24) is 10.2 Å². The summed E-state index contributed by atoms with van der Waals surface area (Å²) in [6, 6.07) is 15.5. The van der Waals surface area contributed by atoms with Crippen molar-refractivity contribution in [3.05, 3.63) is 42.5 Å².